The summed E-state index contributed by atoms with van der Waals surface area (Å²) in [6, 6.07) is 3.46. The number of ether oxygens (including phenoxy) is 1. The summed E-state index contributed by atoms with van der Waals surface area (Å²) in [6.45, 7) is 5.82. The van der Waals surface area contributed by atoms with Crippen molar-refractivity contribution in [2.24, 2.45) is 0 Å². The molecule has 0 fully saturated rings. The number of pyridine rings is 1. The average Bonchev–Trinajstić information content (AvgIpc) is 2.36. The minimum absolute atomic E-state index is 0.0304. The van der Waals surface area contributed by atoms with Crippen molar-refractivity contribution >= 4 is 6.09 Å². The normalized spacial score (nSPS) is 10.4. The number of alkyl carbamates (subject to hydrolysis) is 1. The van der Waals surface area contributed by atoms with E-state index >= 15 is 0 Å². The van der Waals surface area contributed by atoms with Gasteiger partial charge in [-0.05, 0) is 44.4 Å². The summed E-state index contributed by atoms with van der Waals surface area (Å²) in [5.41, 5.74) is 0.884. The second kappa shape index (κ2) is 7.51. The monoisotopic (exact) mass is 276 g/mol. The minimum Gasteiger partial charge on any atom is -0.444 e. The lowest BCUT2D eigenvalue weighted by molar-refractivity contribution is 0.0529. The Hall–Kier alpha value is -2.06. The summed E-state index contributed by atoms with van der Waals surface area (Å²) >= 11 is 0. The number of nitrogens with zero attached hydrogens (tertiary/aromatic N) is 1. The predicted octanol–water partition coefficient (Wildman–Crippen LogP) is 1.84. The number of hydrogen-bond donors (Lipinski definition) is 2. The molecule has 0 aliphatic carbocycles. The van der Waals surface area contributed by atoms with Gasteiger partial charge in [0.25, 0.3) is 0 Å². The van der Waals surface area contributed by atoms with Crippen molar-refractivity contribution in [1.29, 1.82) is 0 Å². The van der Waals surface area contributed by atoms with Crippen LogP contribution in [0.3, 0.4) is 0 Å². The first-order valence-corrected chi connectivity index (χ1v) is 6.42. The lowest BCUT2D eigenvalue weighted by Crippen LogP contribution is -2.32. The van der Waals surface area contributed by atoms with Gasteiger partial charge in [0.15, 0.2) is 0 Å². The molecule has 1 aromatic rings. The number of aromatic nitrogens is 1. The summed E-state index contributed by atoms with van der Waals surface area (Å²) in [7, 11) is 0. The topological polar surface area (TPSA) is 71.5 Å². The number of carbonyl (C=O) groups excluding carboxylic acids is 1. The Balaban J connectivity index is 2.34. The maximum Gasteiger partial charge on any atom is 0.407 e. The summed E-state index contributed by atoms with van der Waals surface area (Å²) in [5.74, 6) is 5.78. The fourth-order valence-corrected chi connectivity index (χ4v) is 1.34. The standard InChI is InChI=1S/C15H20N2O3/c1-15(2,3)20-14(19)17-8-5-4-6-13-10-12(11-18)7-9-16-13/h7,9-10,18H,5,8,11H2,1-3H3,(H,17,19). The molecular formula is C15H20N2O3. The Bertz CT molecular complexity index is 510. The Morgan fingerprint density at radius 3 is 2.90 bits per heavy atom. The van der Waals surface area contributed by atoms with Gasteiger partial charge in [-0.2, -0.15) is 0 Å². The van der Waals surface area contributed by atoms with Gasteiger partial charge < -0.3 is 15.2 Å². The molecule has 1 aromatic heterocycles. The van der Waals surface area contributed by atoms with Gasteiger partial charge >= 0.3 is 6.09 Å². The van der Waals surface area contributed by atoms with Crippen LogP contribution in [0.2, 0.25) is 0 Å². The van der Waals surface area contributed by atoms with E-state index in [9.17, 15) is 4.79 Å². The fraction of sp³-hybridized carbons (Fsp3) is 0.467. The van der Waals surface area contributed by atoms with Gasteiger partial charge in [-0.25, -0.2) is 9.78 Å². The maximum absolute atomic E-state index is 11.4. The Morgan fingerprint density at radius 2 is 2.25 bits per heavy atom. The van der Waals surface area contributed by atoms with Crippen LogP contribution in [0.5, 0.6) is 0 Å². The molecule has 0 aromatic carbocycles. The van der Waals surface area contributed by atoms with E-state index in [1.165, 1.54) is 0 Å². The molecule has 0 saturated carbocycles. The van der Waals surface area contributed by atoms with Crippen LogP contribution in [0.25, 0.3) is 0 Å². The van der Waals surface area contributed by atoms with Crippen molar-refractivity contribution in [3.05, 3.63) is 29.6 Å². The molecule has 108 valence electrons. The molecule has 0 atom stereocenters. The zero-order chi connectivity index (χ0) is 15.0. The number of amides is 1. The molecule has 5 nitrogen and oxygen atoms in total. The highest BCUT2D eigenvalue weighted by Gasteiger charge is 2.15. The molecule has 0 spiro atoms. The van der Waals surface area contributed by atoms with E-state index in [0.717, 1.165) is 5.56 Å². The third kappa shape index (κ3) is 6.76. The molecule has 0 aliphatic rings. The van der Waals surface area contributed by atoms with E-state index < -0.39 is 11.7 Å². The molecule has 0 unspecified atom stereocenters. The molecule has 20 heavy (non-hydrogen) atoms. The van der Waals surface area contributed by atoms with E-state index in [0.29, 0.717) is 18.7 Å². The third-order valence-electron chi connectivity index (χ3n) is 2.14. The number of aliphatic hydroxyl groups is 1. The van der Waals surface area contributed by atoms with Crippen LogP contribution in [0.1, 0.15) is 38.4 Å². The van der Waals surface area contributed by atoms with Crippen molar-refractivity contribution in [3.8, 4) is 11.8 Å². The fourth-order valence-electron chi connectivity index (χ4n) is 1.34. The summed E-state index contributed by atoms with van der Waals surface area (Å²) in [4.78, 5) is 15.4. The SMILES string of the molecule is CC(C)(C)OC(=O)NCCC#Cc1cc(CO)ccn1. The van der Waals surface area contributed by atoms with Crippen LogP contribution in [0.4, 0.5) is 4.79 Å². The van der Waals surface area contributed by atoms with Crippen molar-refractivity contribution in [2.45, 2.75) is 39.4 Å². The molecule has 0 aliphatic heterocycles. The van der Waals surface area contributed by atoms with E-state index in [1.54, 1.807) is 18.3 Å². The van der Waals surface area contributed by atoms with Crippen molar-refractivity contribution < 1.29 is 14.6 Å². The van der Waals surface area contributed by atoms with Gasteiger partial charge in [-0.3, -0.25) is 0 Å². The van der Waals surface area contributed by atoms with Gasteiger partial charge in [0, 0.05) is 19.2 Å². The zero-order valence-corrected chi connectivity index (χ0v) is 12.1. The molecule has 0 bridgehead atoms. The highest BCUT2D eigenvalue weighted by Crippen LogP contribution is 2.06. The van der Waals surface area contributed by atoms with Crippen molar-refractivity contribution in [3.63, 3.8) is 0 Å². The first kappa shape index (κ1) is 16.0. The molecule has 1 rings (SSSR count). The number of rotatable bonds is 3. The predicted molar refractivity (Wildman–Crippen MR) is 75.9 cm³/mol. The zero-order valence-electron chi connectivity index (χ0n) is 12.1. The van der Waals surface area contributed by atoms with E-state index in [4.69, 9.17) is 9.84 Å². The van der Waals surface area contributed by atoms with Crippen LogP contribution < -0.4 is 5.32 Å². The first-order valence-electron chi connectivity index (χ1n) is 6.42. The Morgan fingerprint density at radius 1 is 1.50 bits per heavy atom. The highest BCUT2D eigenvalue weighted by atomic mass is 16.6. The van der Waals surface area contributed by atoms with Gasteiger partial charge in [0.2, 0.25) is 0 Å². The smallest absolute Gasteiger partial charge is 0.407 e. The molecule has 0 radical (unpaired) electrons. The van der Waals surface area contributed by atoms with Gasteiger partial charge in [-0.15, -0.1) is 0 Å². The Kier molecular flexibility index (Phi) is 6.01. The van der Waals surface area contributed by atoms with Crippen molar-refractivity contribution in [2.75, 3.05) is 6.54 Å². The van der Waals surface area contributed by atoms with Crippen LogP contribution in [-0.4, -0.2) is 28.3 Å². The molecule has 1 heterocycles. The number of carbonyl (C=O) groups is 1. The summed E-state index contributed by atoms with van der Waals surface area (Å²) in [6.07, 6.45) is 1.67. The first-order chi connectivity index (χ1) is 9.40. The third-order valence-corrected chi connectivity index (χ3v) is 2.14. The number of nitrogens with one attached hydrogen (secondary N) is 1. The lowest BCUT2D eigenvalue weighted by Gasteiger charge is -2.19. The number of hydrogen-bond acceptors (Lipinski definition) is 4. The van der Waals surface area contributed by atoms with Crippen LogP contribution in [0.15, 0.2) is 18.3 Å². The molecular weight excluding hydrogens is 256 g/mol. The van der Waals surface area contributed by atoms with Gasteiger partial charge in [-0.1, -0.05) is 5.92 Å². The molecule has 0 saturated heterocycles. The van der Waals surface area contributed by atoms with E-state index in [-0.39, 0.29) is 6.61 Å². The van der Waals surface area contributed by atoms with Crippen molar-refractivity contribution in [1.82, 2.24) is 10.3 Å². The largest absolute Gasteiger partial charge is 0.444 e. The maximum atomic E-state index is 11.4. The second-order valence-corrected chi connectivity index (χ2v) is 5.19. The molecule has 5 heteroatoms. The Labute approximate surface area is 119 Å². The average molecular weight is 276 g/mol. The van der Waals surface area contributed by atoms with E-state index in [2.05, 4.69) is 22.1 Å². The molecule has 2 N–H and O–H groups in total. The van der Waals surface area contributed by atoms with Crippen LogP contribution in [-0.2, 0) is 11.3 Å². The lowest BCUT2D eigenvalue weighted by atomic mass is 10.2. The van der Waals surface area contributed by atoms with Crippen LogP contribution in [0, 0.1) is 11.8 Å². The summed E-state index contributed by atoms with van der Waals surface area (Å²) in [5, 5.41) is 11.6. The van der Waals surface area contributed by atoms with Gasteiger partial charge in [0.1, 0.15) is 11.3 Å². The molecule has 1 amide bonds. The summed E-state index contributed by atoms with van der Waals surface area (Å²) < 4.78 is 5.09. The minimum atomic E-state index is -0.496. The number of aliphatic hydroxyl groups excluding tert-OH is 1. The highest BCUT2D eigenvalue weighted by molar-refractivity contribution is 5.67. The quantitative estimate of drug-likeness (QED) is 0.653. The van der Waals surface area contributed by atoms with Gasteiger partial charge in [0.05, 0.1) is 6.61 Å². The van der Waals surface area contributed by atoms with E-state index in [1.807, 2.05) is 20.8 Å². The second-order valence-electron chi connectivity index (χ2n) is 5.19. The van der Waals surface area contributed by atoms with Crippen LogP contribution >= 0.6 is 0 Å².